The van der Waals surface area contributed by atoms with E-state index in [4.69, 9.17) is 6.42 Å². The monoisotopic (exact) mass is 322 g/mol. The highest BCUT2D eigenvalue weighted by molar-refractivity contribution is 5.68. The Balaban J connectivity index is 1.95. The molecule has 0 aromatic heterocycles. The zero-order chi connectivity index (χ0) is 17.2. The Hall–Kier alpha value is -2.78. The Morgan fingerprint density at radius 1 is 1.04 bits per heavy atom. The van der Waals surface area contributed by atoms with Crippen molar-refractivity contribution in [3.63, 3.8) is 0 Å². The van der Waals surface area contributed by atoms with Crippen molar-refractivity contribution in [2.24, 2.45) is 11.8 Å². The highest BCUT2D eigenvalue weighted by atomic mass is 14.4. The number of rotatable bonds is 1. The van der Waals surface area contributed by atoms with Crippen LogP contribution >= 0.6 is 0 Å². The van der Waals surface area contributed by atoms with Crippen LogP contribution in [0.3, 0.4) is 0 Å². The van der Waals surface area contributed by atoms with E-state index in [0.717, 1.165) is 6.42 Å². The van der Waals surface area contributed by atoms with Crippen molar-refractivity contribution in [2.75, 3.05) is 0 Å². The molecule has 0 amide bonds. The molecule has 25 heavy (non-hydrogen) atoms. The van der Waals surface area contributed by atoms with E-state index < -0.39 is 0 Å². The molecule has 3 unspecified atom stereocenters. The standard InChI is InChI=1S/C25H22/c1-3-9-18-14-15-19-10-7-8-13-23(19)22(4-2)25-17-21-12-6-5-11-20(21)16-24(18)25/h2-3,5-15,17-18,22,24H,16H2,1H3/b9-3?,15-14-. The molecular weight excluding hydrogens is 300 g/mol. The van der Waals surface area contributed by atoms with Gasteiger partial charge in [0, 0.05) is 5.92 Å². The minimum atomic E-state index is 0.0345. The smallest absolute Gasteiger partial charge is 0.0671 e. The first-order valence-electron chi connectivity index (χ1n) is 8.97. The quantitative estimate of drug-likeness (QED) is 0.454. The van der Waals surface area contributed by atoms with E-state index in [9.17, 15) is 0 Å². The molecule has 0 heteroatoms. The molecule has 0 saturated heterocycles. The predicted octanol–water partition coefficient (Wildman–Crippen LogP) is 5.88. The Kier molecular flexibility index (Phi) is 4.16. The highest BCUT2D eigenvalue weighted by Gasteiger charge is 2.32. The number of hydrogen-bond donors (Lipinski definition) is 0. The SMILES string of the molecule is C#CC1C2=Cc3ccccc3CC2C(C=CC)/C=C\c2ccccc21. The second-order valence-electron chi connectivity index (χ2n) is 6.84. The van der Waals surface area contributed by atoms with Gasteiger partial charge >= 0.3 is 0 Å². The fraction of sp³-hybridized carbons (Fsp3) is 0.200. The summed E-state index contributed by atoms with van der Waals surface area (Å²) in [5.74, 6) is 3.91. The molecule has 0 fully saturated rings. The molecule has 0 spiro atoms. The van der Waals surface area contributed by atoms with Crippen molar-refractivity contribution in [2.45, 2.75) is 19.3 Å². The van der Waals surface area contributed by atoms with Crippen LogP contribution in [0.4, 0.5) is 0 Å². The summed E-state index contributed by atoms with van der Waals surface area (Å²) in [4.78, 5) is 0. The summed E-state index contributed by atoms with van der Waals surface area (Å²) in [6.07, 6.45) is 18.5. The van der Waals surface area contributed by atoms with Gasteiger partial charge in [-0.3, -0.25) is 0 Å². The maximum atomic E-state index is 6.05. The molecule has 2 aromatic rings. The van der Waals surface area contributed by atoms with Crippen molar-refractivity contribution in [3.05, 3.63) is 94.6 Å². The summed E-state index contributed by atoms with van der Waals surface area (Å²) in [6.45, 7) is 2.10. The topological polar surface area (TPSA) is 0 Å². The average Bonchev–Trinajstić information content (AvgIpc) is 2.65. The molecule has 0 aliphatic heterocycles. The summed E-state index contributed by atoms with van der Waals surface area (Å²) in [5.41, 5.74) is 6.59. The van der Waals surface area contributed by atoms with Gasteiger partial charge in [-0.25, -0.2) is 0 Å². The first kappa shape index (κ1) is 15.7. The van der Waals surface area contributed by atoms with Gasteiger partial charge < -0.3 is 0 Å². The minimum absolute atomic E-state index is 0.0345. The number of allylic oxidation sites excluding steroid dienone is 4. The molecule has 4 rings (SSSR count). The molecule has 0 bridgehead atoms. The number of hydrogen-bond acceptors (Lipinski definition) is 0. The van der Waals surface area contributed by atoms with Crippen LogP contribution in [0.2, 0.25) is 0 Å². The molecule has 0 saturated carbocycles. The molecule has 2 aromatic carbocycles. The van der Waals surface area contributed by atoms with Crippen LogP contribution < -0.4 is 0 Å². The van der Waals surface area contributed by atoms with E-state index >= 15 is 0 Å². The largest absolute Gasteiger partial charge is 0.119 e. The predicted molar refractivity (Wildman–Crippen MR) is 107 cm³/mol. The van der Waals surface area contributed by atoms with E-state index in [1.165, 1.54) is 27.8 Å². The summed E-state index contributed by atoms with van der Waals surface area (Å²) in [7, 11) is 0. The Morgan fingerprint density at radius 2 is 1.80 bits per heavy atom. The van der Waals surface area contributed by atoms with Crippen LogP contribution in [0.1, 0.15) is 35.1 Å². The van der Waals surface area contributed by atoms with Crippen LogP contribution in [0.15, 0.2) is 72.3 Å². The van der Waals surface area contributed by atoms with E-state index in [0.29, 0.717) is 11.8 Å². The number of terminal acetylenes is 1. The van der Waals surface area contributed by atoms with Crippen molar-refractivity contribution >= 4 is 12.2 Å². The molecule has 0 nitrogen and oxygen atoms in total. The molecule has 2 aliphatic carbocycles. The summed E-state index contributed by atoms with van der Waals surface area (Å²) >= 11 is 0. The fourth-order valence-electron chi connectivity index (χ4n) is 4.22. The Bertz CT molecular complexity index is 917. The van der Waals surface area contributed by atoms with Crippen molar-refractivity contribution in [1.82, 2.24) is 0 Å². The number of fused-ring (bicyclic) bond motifs is 3. The van der Waals surface area contributed by atoms with E-state index in [1.807, 2.05) is 0 Å². The average molecular weight is 322 g/mol. The molecular formula is C25H22. The first-order chi connectivity index (χ1) is 12.3. The van der Waals surface area contributed by atoms with Crippen LogP contribution in [0, 0.1) is 24.2 Å². The molecule has 3 atom stereocenters. The maximum absolute atomic E-state index is 6.05. The maximum Gasteiger partial charge on any atom is 0.0671 e. The van der Waals surface area contributed by atoms with E-state index in [1.54, 1.807) is 0 Å². The van der Waals surface area contributed by atoms with Crippen LogP contribution in [0.5, 0.6) is 0 Å². The van der Waals surface area contributed by atoms with Crippen molar-refractivity contribution < 1.29 is 0 Å². The second-order valence-corrected chi connectivity index (χ2v) is 6.84. The van der Waals surface area contributed by atoms with Crippen molar-refractivity contribution in [3.8, 4) is 12.3 Å². The third kappa shape index (κ3) is 2.77. The van der Waals surface area contributed by atoms with Gasteiger partial charge in [0.05, 0.1) is 5.92 Å². The van der Waals surface area contributed by atoms with Gasteiger partial charge in [0.1, 0.15) is 0 Å². The Morgan fingerprint density at radius 3 is 2.60 bits per heavy atom. The lowest BCUT2D eigenvalue weighted by Crippen LogP contribution is -2.25. The molecule has 0 N–H and O–H groups in total. The second kappa shape index (κ2) is 6.61. The normalized spacial score (nSPS) is 25.6. The molecule has 0 radical (unpaired) electrons. The van der Waals surface area contributed by atoms with Gasteiger partial charge in [0.2, 0.25) is 0 Å². The lowest BCUT2D eigenvalue weighted by molar-refractivity contribution is 0.501. The lowest BCUT2D eigenvalue weighted by atomic mass is 9.69. The van der Waals surface area contributed by atoms with Crippen LogP contribution in [0.25, 0.3) is 12.2 Å². The van der Waals surface area contributed by atoms with Crippen LogP contribution in [-0.4, -0.2) is 0 Å². The third-order valence-electron chi connectivity index (χ3n) is 5.43. The Labute approximate surface area is 150 Å². The first-order valence-corrected chi connectivity index (χ1v) is 8.97. The van der Waals surface area contributed by atoms with Crippen LogP contribution in [-0.2, 0) is 6.42 Å². The summed E-state index contributed by atoms with van der Waals surface area (Å²) in [5, 5.41) is 0. The molecule has 122 valence electrons. The summed E-state index contributed by atoms with van der Waals surface area (Å²) < 4.78 is 0. The number of benzene rings is 2. The van der Waals surface area contributed by atoms with Crippen molar-refractivity contribution in [1.29, 1.82) is 0 Å². The zero-order valence-electron chi connectivity index (χ0n) is 14.5. The lowest BCUT2D eigenvalue weighted by Gasteiger charge is -2.35. The highest BCUT2D eigenvalue weighted by Crippen LogP contribution is 2.44. The summed E-state index contributed by atoms with van der Waals surface area (Å²) in [6, 6.07) is 17.2. The zero-order valence-corrected chi connectivity index (χ0v) is 14.5. The van der Waals surface area contributed by atoms with Gasteiger partial charge in [-0.15, -0.1) is 6.42 Å². The third-order valence-corrected chi connectivity index (χ3v) is 5.43. The fourth-order valence-corrected chi connectivity index (χ4v) is 4.22. The van der Waals surface area contributed by atoms with Gasteiger partial charge in [-0.1, -0.05) is 84.8 Å². The van der Waals surface area contributed by atoms with Gasteiger partial charge in [-0.2, -0.15) is 0 Å². The van der Waals surface area contributed by atoms with Gasteiger partial charge in [0.15, 0.2) is 0 Å². The van der Waals surface area contributed by atoms with Gasteiger partial charge in [0.25, 0.3) is 0 Å². The molecule has 0 heterocycles. The molecule has 2 aliphatic rings. The van der Waals surface area contributed by atoms with Gasteiger partial charge in [-0.05, 0) is 47.1 Å². The minimum Gasteiger partial charge on any atom is -0.119 e. The van der Waals surface area contributed by atoms with E-state index in [-0.39, 0.29) is 5.92 Å². The van der Waals surface area contributed by atoms with E-state index in [2.05, 4.69) is 91.8 Å².